The predicted molar refractivity (Wildman–Crippen MR) is 114 cm³/mol. The van der Waals surface area contributed by atoms with Crippen molar-refractivity contribution in [1.29, 1.82) is 0 Å². The van der Waals surface area contributed by atoms with Crippen molar-refractivity contribution in [2.24, 2.45) is 0 Å². The van der Waals surface area contributed by atoms with Gasteiger partial charge in [0.05, 0.1) is 11.6 Å². The minimum atomic E-state index is -0.0495. The zero-order chi connectivity index (χ0) is 20.6. The number of amides is 2. The number of piperidine rings is 1. The molecule has 3 rings (SSSR count). The number of ether oxygens (including phenoxy) is 1. The van der Waals surface area contributed by atoms with Crippen molar-refractivity contribution >= 4 is 23.4 Å². The van der Waals surface area contributed by atoms with Crippen LogP contribution in [0.25, 0.3) is 0 Å². The molecule has 1 heterocycles. The van der Waals surface area contributed by atoms with Gasteiger partial charge in [-0.05, 0) is 50.5 Å². The summed E-state index contributed by atoms with van der Waals surface area (Å²) >= 11 is 6.05. The highest BCUT2D eigenvalue weighted by Crippen LogP contribution is 2.23. The Hall–Kier alpha value is -2.53. The van der Waals surface area contributed by atoms with Crippen molar-refractivity contribution in [2.45, 2.75) is 38.6 Å². The Bertz CT molecular complexity index is 830. The number of benzene rings is 2. The number of rotatable bonds is 7. The lowest BCUT2D eigenvalue weighted by Gasteiger charge is -2.32. The second-order valence-corrected chi connectivity index (χ2v) is 7.78. The van der Waals surface area contributed by atoms with E-state index in [4.69, 9.17) is 16.3 Å². The van der Waals surface area contributed by atoms with Gasteiger partial charge in [-0.1, -0.05) is 41.4 Å². The Morgan fingerprint density at radius 3 is 2.48 bits per heavy atom. The van der Waals surface area contributed by atoms with Crippen LogP contribution in [-0.2, 0) is 4.79 Å². The fourth-order valence-electron chi connectivity index (χ4n) is 3.37. The standard InChI is InChI=1S/C23H27ClN2O3/c1-17-8-10-18(11-9-17)23(28)25-19-12-14-26(15-13-19)22(27)7-4-16-29-21-6-3-2-5-20(21)24/h2-3,5-6,8-11,19H,4,7,12-16H2,1H3,(H,25,28). The molecule has 154 valence electrons. The van der Waals surface area contributed by atoms with Gasteiger partial charge < -0.3 is 15.0 Å². The molecule has 6 heteroatoms. The second-order valence-electron chi connectivity index (χ2n) is 7.38. The summed E-state index contributed by atoms with van der Waals surface area (Å²) in [6.45, 7) is 3.79. The fourth-order valence-corrected chi connectivity index (χ4v) is 3.56. The minimum Gasteiger partial charge on any atom is -0.492 e. The van der Waals surface area contributed by atoms with Gasteiger partial charge in [0.15, 0.2) is 0 Å². The third-order valence-corrected chi connectivity index (χ3v) is 5.44. The summed E-state index contributed by atoms with van der Waals surface area (Å²) in [5.74, 6) is 0.731. The molecule has 0 bridgehead atoms. The lowest BCUT2D eigenvalue weighted by Crippen LogP contribution is -2.46. The Morgan fingerprint density at radius 1 is 1.10 bits per heavy atom. The first-order valence-corrected chi connectivity index (χ1v) is 10.4. The molecule has 1 N–H and O–H groups in total. The van der Waals surface area contributed by atoms with Crippen LogP contribution in [0, 0.1) is 6.92 Å². The molecular formula is C23H27ClN2O3. The molecule has 29 heavy (non-hydrogen) atoms. The smallest absolute Gasteiger partial charge is 0.251 e. The van der Waals surface area contributed by atoms with Crippen molar-refractivity contribution in [3.8, 4) is 5.75 Å². The second kappa shape index (κ2) is 10.3. The van der Waals surface area contributed by atoms with Crippen LogP contribution in [0.3, 0.4) is 0 Å². The van der Waals surface area contributed by atoms with E-state index in [2.05, 4.69) is 5.32 Å². The first kappa shape index (κ1) is 21.2. The first-order chi connectivity index (χ1) is 14.0. The summed E-state index contributed by atoms with van der Waals surface area (Å²) in [4.78, 5) is 26.6. The van der Waals surface area contributed by atoms with E-state index in [0.717, 1.165) is 18.4 Å². The molecule has 0 spiro atoms. The van der Waals surface area contributed by atoms with Gasteiger partial charge in [0.1, 0.15) is 5.75 Å². The lowest BCUT2D eigenvalue weighted by atomic mass is 10.0. The van der Waals surface area contributed by atoms with Crippen molar-refractivity contribution in [3.05, 3.63) is 64.7 Å². The van der Waals surface area contributed by atoms with Crippen molar-refractivity contribution in [3.63, 3.8) is 0 Å². The number of likely N-dealkylation sites (tertiary alicyclic amines) is 1. The average Bonchev–Trinajstić information content (AvgIpc) is 2.73. The van der Waals surface area contributed by atoms with Crippen LogP contribution in [0.1, 0.15) is 41.6 Å². The number of hydrogen-bond acceptors (Lipinski definition) is 3. The van der Waals surface area contributed by atoms with E-state index in [0.29, 0.717) is 48.9 Å². The first-order valence-electron chi connectivity index (χ1n) is 10.1. The third kappa shape index (κ3) is 6.23. The summed E-state index contributed by atoms with van der Waals surface area (Å²) < 4.78 is 5.63. The van der Waals surface area contributed by atoms with Crippen LogP contribution in [0.15, 0.2) is 48.5 Å². The maximum Gasteiger partial charge on any atom is 0.251 e. The highest BCUT2D eigenvalue weighted by atomic mass is 35.5. The van der Waals surface area contributed by atoms with Gasteiger partial charge in [0.25, 0.3) is 5.91 Å². The summed E-state index contributed by atoms with van der Waals surface area (Å²) in [5.41, 5.74) is 1.80. The number of nitrogens with one attached hydrogen (secondary N) is 1. The number of halogens is 1. The molecule has 0 radical (unpaired) electrons. The van der Waals surface area contributed by atoms with Crippen LogP contribution in [-0.4, -0.2) is 42.5 Å². The molecule has 1 saturated heterocycles. The van der Waals surface area contributed by atoms with Gasteiger partial charge in [-0.15, -0.1) is 0 Å². The Kier molecular flexibility index (Phi) is 7.53. The van der Waals surface area contributed by atoms with Crippen LogP contribution < -0.4 is 10.1 Å². The van der Waals surface area contributed by atoms with Gasteiger partial charge in [-0.2, -0.15) is 0 Å². The molecule has 1 fully saturated rings. The molecule has 0 saturated carbocycles. The van der Waals surface area contributed by atoms with Crippen molar-refractivity contribution in [1.82, 2.24) is 10.2 Å². The van der Waals surface area contributed by atoms with E-state index in [-0.39, 0.29) is 17.9 Å². The molecular weight excluding hydrogens is 388 g/mol. The maximum absolute atomic E-state index is 12.4. The predicted octanol–water partition coefficient (Wildman–Crippen LogP) is 4.23. The van der Waals surface area contributed by atoms with E-state index in [9.17, 15) is 9.59 Å². The Labute approximate surface area is 177 Å². The molecule has 1 aliphatic heterocycles. The summed E-state index contributed by atoms with van der Waals surface area (Å²) in [5, 5.41) is 3.66. The lowest BCUT2D eigenvalue weighted by molar-refractivity contribution is -0.132. The monoisotopic (exact) mass is 414 g/mol. The number of para-hydroxylation sites is 1. The van der Waals surface area contributed by atoms with Gasteiger partial charge in [0, 0.05) is 31.1 Å². The quantitative estimate of drug-likeness (QED) is 0.690. The largest absolute Gasteiger partial charge is 0.492 e. The molecule has 0 atom stereocenters. The molecule has 5 nitrogen and oxygen atoms in total. The van der Waals surface area contributed by atoms with Gasteiger partial charge in [-0.25, -0.2) is 0 Å². The van der Waals surface area contributed by atoms with Crippen LogP contribution >= 0.6 is 11.6 Å². The number of hydrogen-bond donors (Lipinski definition) is 1. The minimum absolute atomic E-state index is 0.0495. The van der Waals surface area contributed by atoms with E-state index in [1.807, 2.05) is 54.3 Å². The number of aryl methyl sites for hydroxylation is 1. The van der Waals surface area contributed by atoms with Gasteiger partial charge in [-0.3, -0.25) is 9.59 Å². The normalized spacial score (nSPS) is 14.5. The summed E-state index contributed by atoms with van der Waals surface area (Å²) in [6.07, 6.45) is 2.65. The number of nitrogens with zero attached hydrogens (tertiary/aromatic N) is 1. The zero-order valence-electron chi connectivity index (χ0n) is 16.7. The van der Waals surface area contributed by atoms with E-state index < -0.39 is 0 Å². The Morgan fingerprint density at radius 2 is 1.79 bits per heavy atom. The highest BCUT2D eigenvalue weighted by molar-refractivity contribution is 6.32. The summed E-state index contributed by atoms with van der Waals surface area (Å²) in [7, 11) is 0. The van der Waals surface area contributed by atoms with E-state index >= 15 is 0 Å². The van der Waals surface area contributed by atoms with Crippen LogP contribution in [0.5, 0.6) is 5.75 Å². The molecule has 0 aliphatic carbocycles. The summed E-state index contributed by atoms with van der Waals surface area (Å²) in [6, 6.07) is 15.0. The molecule has 2 aromatic rings. The maximum atomic E-state index is 12.4. The topological polar surface area (TPSA) is 58.6 Å². The van der Waals surface area contributed by atoms with Gasteiger partial charge in [0.2, 0.25) is 5.91 Å². The Balaban J connectivity index is 1.35. The average molecular weight is 415 g/mol. The van der Waals surface area contributed by atoms with E-state index in [1.54, 1.807) is 6.07 Å². The fraction of sp³-hybridized carbons (Fsp3) is 0.391. The van der Waals surface area contributed by atoms with Crippen LogP contribution in [0.2, 0.25) is 5.02 Å². The molecule has 0 unspecified atom stereocenters. The molecule has 2 aromatic carbocycles. The van der Waals surface area contributed by atoms with Crippen molar-refractivity contribution in [2.75, 3.05) is 19.7 Å². The van der Waals surface area contributed by atoms with Crippen LogP contribution in [0.4, 0.5) is 0 Å². The highest BCUT2D eigenvalue weighted by Gasteiger charge is 2.23. The van der Waals surface area contributed by atoms with E-state index in [1.165, 1.54) is 0 Å². The molecule has 1 aliphatic rings. The third-order valence-electron chi connectivity index (χ3n) is 5.13. The molecule has 0 aromatic heterocycles. The number of carbonyl (C=O) groups excluding carboxylic acids is 2. The van der Waals surface area contributed by atoms with Crippen molar-refractivity contribution < 1.29 is 14.3 Å². The molecule has 2 amide bonds. The number of carbonyl (C=O) groups is 2. The SMILES string of the molecule is Cc1ccc(C(=O)NC2CCN(C(=O)CCCOc3ccccc3Cl)CC2)cc1. The zero-order valence-corrected chi connectivity index (χ0v) is 17.5. The van der Waals surface area contributed by atoms with Gasteiger partial charge >= 0.3 is 0 Å².